The zero-order valence-corrected chi connectivity index (χ0v) is 10.7. The summed E-state index contributed by atoms with van der Waals surface area (Å²) in [6.45, 7) is 0. The smallest absolute Gasteiger partial charge is 0.123 e. The first kappa shape index (κ1) is 11.6. The van der Waals surface area contributed by atoms with Crippen LogP contribution in [0.3, 0.4) is 0 Å². The minimum absolute atomic E-state index is 0.133. The third-order valence-electron chi connectivity index (χ3n) is 3.31. The fraction of sp³-hybridized carbons (Fsp3) is 0.214. The van der Waals surface area contributed by atoms with Crippen molar-refractivity contribution in [1.29, 1.82) is 0 Å². The summed E-state index contributed by atoms with van der Waals surface area (Å²) in [5.74, 6) is 0.703. The maximum Gasteiger partial charge on any atom is 0.123 e. The summed E-state index contributed by atoms with van der Waals surface area (Å²) in [6, 6.07) is 12.2. The Kier molecular flexibility index (Phi) is 2.87. The van der Waals surface area contributed by atoms with Crippen molar-refractivity contribution in [3.05, 3.63) is 53.9 Å². The summed E-state index contributed by atoms with van der Waals surface area (Å²) >= 11 is 0. The van der Waals surface area contributed by atoms with E-state index < -0.39 is 0 Å². The molecule has 0 fully saturated rings. The van der Waals surface area contributed by atoms with Crippen molar-refractivity contribution < 1.29 is 0 Å². The standard InChI is InChI=1S/C14H15N5/c1-19-12(7-8-16-19)14-11(9-13(15)17-18-14)10-5-3-2-4-6-10/h2-8,11H,9H2,1H3,(H2,15,17). The summed E-state index contributed by atoms with van der Waals surface area (Å²) in [5.41, 5.74) is 8.93. The second-order valence-corrected chi connectivity index (χ2v) is 4.58. The molecule has 0 saturated heterocycles. The van der Waals surface area contributed by atoms with E-state index in [2.05, 4.69) is 27.4 Å². The third kappa shape index (κ3) is 2.14. The lowest BCUT2D eigenvalue weighted by atomic mass is 9.88. The number of nitrogens with zero attached hydrogens (tertiary/aromatic N) is 4. The Morgan fingerprint density at radius 2 is 1.95 bits per heavy atom. The first-order chi connectivity index (χ1) is 9.25. The molecule has 1 aromatic heterocycles. The normalized spacial score (nSPS) is 18.9. The van der Waals surface area contributed by atoms with Crippen molar-refractivity contribution in [2.45, 2.75) is 12.3 Å². The topological polar surface area (TPSA) is 68.6 Å². The van der Waals surface area contributed by atoms with Crippen LogP contribution in [0.1, 0.15) is 23.6 Å². The summed E-state index contributed by atoms with van der Waals surface area (Å²) < 4.78 is 1.81. The molecule has 1 aliphatic heterocycles. The monoisotopic (exact) mass is 253 g/mol. The van der Waals surface area contributed by atoms with E-state index in [4.69, 9.17) is 5.73 Å². The fourth-order valence-corrected chi connectivity index (χ4v) is 2.35. The highest BCUT2D eigenvalue weighted by Gasteiger charge is 2.26. The van der Waals surface area contributed by atoms with Crippen LogP contribution in [0.15, 0.2) is 52.8 Å². The van der Waals surface area contributed by atoms with Gasteiger partial charge in [0.05, 0.1) is 11.4 Å². The van der Waals surface area contributed by atoms with Gasteiger partial charge < -0.3 is 5.73 Å². The molecule has 0 radical (unpaired) electrons. The Morgan fingerprint density at radius 1 is 1.16 bits per heavy atom. The average Bonchev–Trinajstić information content (AvgIpc) is 2.86. The Hall–Kier alpha value is -2.43. The molecule has 5 heteroatoms. The van der Waals surface area contributed by atoms with Gasteiger partial charge in [0.1, 0.15) is 5.84 Å². The number of hydrogen-bond donors (Lipinski definition) is 1. The molecule has 1 atom stereocenters. The molecular formula is C14H15N5. The highest BCUT2D eigenvalue weighted by atomic mass is 15.3. The van der Waals surface area contributed by atoms with E-state index in [0.717, 1.165) is 11.4 Å². The van der Waals surface area contributed by atoms with Crippen molar-refractivity contribution >= 4 is 11.5 Å². The highest BCUT2D eigenvalue weighted by molar-refractivity contribution is 6.07. The van der Waals surface area contributed by atoms with Crippen molar-refractivity contribution in [3.8, 4) is 0 Å². The van der Waals surface area contributed by atoms with E-state index in [1.54, 1.807) is 6.20 Å². The SMILES string of the molecule is Cn1nccc1C1=NN=C(N)CC1c1ccccc1. The zero-order valence-electron chi connectivity index (χ0n) is 10.7. The van der Waals surface area contributed by atoms with Crippen LogP contribution in [0.2, 0.25) is 0 Å². The van der Waals surface area contributed by atoms with Crippen molar-refractivity contribution in [2.75, 3.05) is 0 Å². The van der Waals surface area contributed by atoms with E-state index in [1.807, 2.05) is 36.0 Å². The summed E-state index contributed by atoms with van der Waals surface area (Å²) in [4.78, 5) is 0. The number of benzene rings is 1. The minimum atomic E-state index is 0.133. The van der Waals surface area contributed by atoms with Gasteiger partial charge in [0.2, 0.25) is 0 Å². The summed E-state index contributed by atoms with van der Waals surface area (Å²) in [7, 11) is 1.90. The largest absolute Gasteiger partial charge is 0.386 e. The van der Waals surface area contributed by atoms with Gasteiger partial charge in [-0.15, -0.1) is 5.10 Å². The van der Waals surface area contributed by atoms with Crippen LogP contribution in [-0.4, -0.2) is 21.3 Å². The highest BCUT2D eigenvalue weighted by Crippen LogP contribution is 2.27. The minimum Gasteiger partial charge on any atom is -0.386 e. The number of nitrogens with two attached hydrogens (primary N) is 1. The molecule has 0 bridgehead atoms. The van der Waals surface area contributed by atoms with Crippen LogP contribution in [0, 0.1) is 0 Å². The van der Waals surface area contributed by atoms with Crippen LogP contribution in [-0.2, 0) is 7.05 Å². The first-order valence-electron chi connectivity index (χ1n) is 6.19. The maximum atomic E-state index is 5.84. The van der Waals surface area contributed by atoms with Crippen molar-refractivity contribution in [1.82, 2.24) is 9.78 Å². The van der Waals surface area contributed by atoms with Gasteiger partial charge in [-0.25, -0.2) is 0 Å². The molecule has 0 amide bonds. The van der Waals surface area contributed by atoms with Crippen molar-refractivity contribution in [3.63, 3.8) is 0 Å². The van der Waals surface area contributed by atoms with E-state index in [1.165, 1.54) is 5.56 Å². The zero-order chi connectivity index (χ0) is 13.2. The van der Waals surface area contributed by atoms with Crippen LogP contribution in [0.25, 0.3) is 0 Å². The molecule has 19 heavy (non-hydrogen) atoms. The predicted molar refractivity (Wildman–Crippen MR) is 75.2 cm³/mol. The van der Waals surface area contributed by atoms with Crippen LogP contribution >= 0.6 is 0 Å². The molecule has 1 aromatic carbocycles. The Morgan fingerprint density at radius 3 is 2.63 bits per heavy atom. The van der Waals surface area contributed by atoms with Gasteiger partial charge in [-0.1, -0.05) is 30.3 Å². The molecule has 0 spiro atoms. The molecule has 2 N–H and O–H groups in total. The quantitative estimate of drug-likeness (QED) is 0.884. The van der Waals surface area contributed by atoms with Crippen LogP contribution in [0.4, 0.5) is 0 Å². The second-order valence-electron chi connectivity index (χ2n) is 4.58. The van der Waals surface area contributed by atoms with E-state index in [9.17, 15) is 0 Å². The Labute approximate surface area is 111 Å². The van der Waals surface area contributed by atoms with E-state index in [0.29, 0.717) is 12.3 Å². The van der Waals surface area contributed by atoms with Crippen molar-refractivity contribution in [2.24, 2.45) is 23.0 Å². The van der Waals surface area contributed by atoms with Gasteiger partial charge in [-0.05, 0) is 11.6 Å². The Balaban J connectivity index is 2.07. The molecule has 2 aromatic rings. The third-order valence-corrected chi connectivity index (χ3v) is 3.31. The molecule has 3 rings (SSSR count). The molecule has 96 valence electrons. The van der Waals surface area contributed by atoms with Gasteiger partial charge in [0.25, 0.3) is 0 Å². The number of rotatable bonds is 2. The molecule has 5 nitrogen and oxygen atoms in total. The Bertz CT molecular complexity index is 639. The second kappa shape index (κ2) is 4.68. The first-order valence-corrected chi connectivity index (χ1v) is 6.19. The van der Waals surface area contributed by atoms with Gasteiger partial charge in [-0.2, -0.15) is 10.2 Å². The molecule has 0 saturated carbocycles. The van der Waals surface area contributed by atoms with E-state index >= 15 is 0 Å². The lowest BCUT2D eigenvalue weighted by molar-refractivity contribution is 0.748. The molecular weight excluding hydrogens is 238 g/mol. The van der Waals surface area contributed by atoms with Crippen LogP contribution < -0.4 is 5.73 Å². The van der Waals surface area contributed by atoms with Crippen LogP contribution in [0.5, 0.6) is 0 Å². The van der Waals surface area contributed by atoms with Gasteiger partial charge in [-0.3, -0.25) is 4.68 Å². The predicted octanol–water partition coefficient (Wildman–Crippen LogP) is 1.67. The average molecular weight is 253 g/mol. The number of aryl methyl sites for hydroxylation is 1. The number of amidine groups is 1. The molecule has 0 aliphatic carbocycles. The maximum absolute atomic E-state index is 5.84. The molecule has 2 heterocycles. The number of aromatic nitrogens is 2. The lowest BCUT2D eigenvalue weighted by Gasteiger charge is -2.21. The van der Waals surface area contributed by atoms with Gasteiger partial charge in [0.15, 0.2) is 0 Å². The molecule has 1 unspecified atom stereocenters. The van der Waals surface area contributed by atoms with E-state index in [-0.39, 0.29) is 5.92 Å². The fourth-order valence-electron chi connectivity index (χ4n) is 2.35. The summed E-state index contributed by atoms with van der Waals surface area (Å²) in [6.07, 6.45) is 2.45. The van der Waals surface area contributed by atoms with Gasteiger partial charge in [0, 0.05) is 25.6 Å². The summed E-state index contributed by atoms with van der Waals surface area (Å²) in [5, 5.41) is 12.5. The molecule has 1 aliphatic rings. The lowest BCUT2D eigenvalue weighted by Crippen LogP contribution is -2.27. The van der Waals surface area contributed by atoms with Gasteiger partial charge >= 0.3 is 0 Å². The number of hydrogen-bond acceptors (Lipinski definition) is 4.